The highest BCUT2D eigenvalue weighted by atomic mass is 35.5. The zero-order chi connectivity index (χ0) is 11.5. The Bertz CT molecular complexity index is 498. The lowest BCUT2D eigenvalue weighted by molar-refractivity contribution is 0.509. The van der Waals surface area contributed by atoms with Crippen LogP contribution in [0.1, 0.15) is 11.5 Å². The zero-order valence-corrected chi connectivity index (χ0v) is 9.46. The van der Waals surface area contributed by atoms with E-state index in [-0.39, 0.29) is 11.7 Å². The summed E-state index contributed by atoms with van der Waals surface area (Å²) in [6.07, 6.45) is 0.488. The first kappa shape index (κ1) is 11.1. The molecule has 5 heteroatoms. The monoisotopic (exact) mass is 240 g/mol. The molecule has 0 saturated carbocycles. The van der Waals surface area contributed by atoms with Crippen molar-refractivity contribution in [2.75, 3.05) is 5.88 Å². The standard InChI is InChI=1S/C11H10ClFN2O/c1-7-2-3-9(13)8(6-7)11-15-14-10(16-11)4-5-12/h2-3,6H,4-5H2,1H3. The summed E-state index contributed by atoms with van der Waals surface area (Å²) in [6.45, 7) is 1.87. The Hall–Kier alpha value is -1.42. The van der Waals surface area contributed by atoms with Crippen molar-refractivity contribution in [1.29, 1.82) is 0 Å². The Labute approximate surface area is 97.3 Å². The van der Waals surface area contributed by atoms with Gasteiger partial charge >= 0.3 is 0 Å². The summed E-state index contributed by atoms with van der Waals surface area (Å²) in [5.41, 5.74) is 1.27. The van der Waals surface area contributed by atoms with Crippen molar-refractivity contribution in [3.8, 4) is 11.5 Å². The first-order valence-corrected chi connectivity index (χ1v) is 5.39. The molecule has 0 aliphatic rings. The fraction of sp³-hybridized carbons (Fsp3) is 0.273. The van der Waals surface area contributed by atoms with Gasteiger partial charge in [0.25, 0.3) is 5.89 Å². The number of alkyl halides is 1. The van der Waals surface area contributed by atoms with Crippen LogP contribution < -0.4 is 0 Å². The molecule has 2 aromatic rings. The van der Waals surface area contributed by atoms with E-state index in [0.717, 1.165) is 5.56 Å². The molecule has 1 aromatic carbocycles. The van der Waals surface area contributed by atoms with Gasteiger partial charge in [-0.05, 0) is 19.1 Å². The fourth-order valence-electron chi connectivity index (χ4n) is 1.35. The van der Waals surface area contributed by atoms with E-state index >= 15 is 0 Å². The number of aromatic nitrogens is 2. The van der Waals surface area contributed by atoms with Crippen molar-refractivity contribution in [2.45, 2.75) is 13.3 Å². The number of aryl methyl sites for hydroxylation is 2. The summed E-state index contributed by atoms with van der Waals surface area (Å²) in [5, 5.41) is 7.58. The van der Waals surface area contributed by atoms with Crippen molar-refractivity contribution in [3.05, 3.63) is 35.5 Å². The lowest BCUT2D eigenvalue weighted by Crippen LogP contribution is -1.85. The van der Waals surface area contributed by atoms with Crippen molar-refractivity contribution in [1.82, 2.24) is 10.2 Å². The van der Waals surface area contributed by atoms with Crippen LogP contribution in [0.25, 0.3) is 11.5 Å². The van der Waals surface area contributed by atoms with Gasteiger partial charge < -0.3 is 4.42 Å². The maximum Gasteiger partial charge on any atom is 0.250 e. The van der Waals surface area contributed by atoms with Crippen LogP contribution in [-0.2, 0) is 6.42 Å². The first-order chi connectivity index (χ1) is 7.70. The minimum Gasteiger partial charge on any atom is -0.421 e. The molecule has 0 unspecified atom stereocenters. The highest BCUT2D eigenvalue weighted by molar-refractivity contribution is 6.17. The Morgan fingerprint density at radius 1 is 1.38 bits per heavy atom. The number of hydrogen-bond acceptors (Lipinski definition) is 3. The van der Waals surface area contributed by atoms with Crippen molar-refractivity contribution in [2.24, 2.45) is 0 Å². The second-order valence-electron chi connectivity index (χ2n) is 3.42. The second kappa shape index (κ2) is 4.61. The Kier molecular flexibility index (Phi) is 3.19. The van der Waals surface area contributed by atoms with Gasteiger partial charge in [0.1, 0.15) is 5.82 Å². The molecule has 0 N–H and O–H groups in total. The van der Waals surface area contributed by atoms with E-state index in [1.54, 1.807) is 12.1 Å². The molecule has 0 aliphatic heterocycles. The summed E-state index contributed by atoms with van der Waals surface area (Å²) < 4.78 is 18.8. The molecule has 0 fully saturated rings. The zero-order valence-electron chi connectivity index (χ0n) is 8.70. The van der Waals surface area contributed by atoms with E-state index in [9.17, 15) is 4.39 Å². The summed E-state index contributed by atoms with van der Waals surface area (Å²) in [7, 11) is 0. The predicted octanol–water partition coefficient (Wildman–Crippen LogP) is 2.97. The van der Waals surface area contributed by atoms with Gasteiger partial charge in [-0.1, -0.05) is 11.6 Å². The van der Waals surface area contributed by atoms with E-state index < -0.39 is 0 Å². The molecule has 0 saturated heterocycles. The van der Waals surface area contributed by atoms with Crippen LogP contribution in [0.4, 0.5) is 4.39 Å². The molecule has 1 heterocycles. The van der Waals surface area contributed by atoms with Crippen LogP contribution in [0.15, 0.2) is 22.6 Å². The molecule has 0 radical (unpaired) electrons. The van der Waals surface area contributed by atoms with E-state index in [1.807, 2.05) is 6.92 Å². The van der Waals surface area contributed by atoms with Crippen molar-refractivity contribution in [3.63, 3.8) is 0 Å². The van der Waals surface area contributed by atoms with Gasteiger partial charge in [0.15, 0.2) is 0 Å². The van der Waals surface area contributed by atoms with Gasteiger partial charge in [0, 0.05) is 12.3 Å². The second-order valence-corrected chi connectivity index (χ2v) is 3.80. The molecule has 84 valence electrons. The van der Waals surface area contributed by atoms with Crippen LogP contribution >= 0.6 is 11.6 Å². The van der Waals surface area contributed by atoms with Crippen molar-refractivity contribution < 1.29 is 8.81 Å². The van der Waals surface area contributed by atoms with E-state index in [1.165, 1.54) is 6.07 Å². The summed E-state index contributed by atoms with van der Waals surface area (Å²) in [6, 6.07) is 4.75. The molecule has 0 atom stereocenters. The average molecular weight is 241 g/mol. The summed E-state index contributed by atoms with van der Waals surface area (Å²) in [4.78, 5) is 0. The first-order valence-electron chi connectivity index (χ1n) is 4.85. The van der Waals surface area contributed by atoms with Crippen LogP contribution in [0.3, 0.4) is 0 Å². The van der Waals surface area contributed by atoms with Gasteiger partial charge in [-0.3, -0.25) is 0 Å². The average Bonchev–Trinajstić information content (AvgIpc) is 2.71. The summed E-state index contributed by atoms with van der Waals surface area (Å²) >= 11 is 5.55. The summed E-state index contributed by atoms with van der Waals surface area (Å²) in [5.74, 6) is 0.650. The van der Waals surface area contributed by atoms with E-state index in [2.05, 4.69) is 10.2 Å². The van der Waals surface area contributed by atoms with Crippen LogP contribution in [0.5, 0.6) is 0 Å². The number of benzene rings is 1. The topological polar surface area (TPSA) is 38.9 Å². The highest BCUT2D eigenvalue weighted by Crippen LogP contribution is 2.22. The lowest BCUT2D eigenvalue weighted by atomic mass is 10.1. The molecule has 0 spiro atoms. The van der Waals surface area contributed by atoms with E-state index in [0.29, 0.717) is 23.8 Å². The minimum absolute atomic E-state index is 0.196. The number of rotatable bonds is 3. The normalized spacial score (nSPS) is 10.7. The number of hydrogen-bond donors (Lipinski definition) is 0. The fourth-order valence-corrected chi connectivity index (χ4v) is 1.51. The van der Waals surface area contributed by atoms with E-state index in [4.69, 9.17) is 16.0 Å². The Balaban J connectivity index is 2.38. The Morgan fingerprint density at radius 3 is 2.94 bits per heavy atom. The number of nitrogens with zero attached hydrogens (tertiary/aromatic N) is 2. The highest BCUT2D eigenvalue weighted by Gasteiger charge is 2.12. The largest absolute Gasteiger partial charge is 0.421 e. The van der Waals surface area contributed by atoms with Gasteiger partial charge in [-0.25, -0.2) is 4.39 Å². The quantitative estimate of drug-likeness (QED) is 0.775. The molecular weight excluding hydrogens is 231 g/mol. The molecule has 2 rings (SSSR count). The van der Waals surface area contributed by atoms with Crippen LogP contribution in [0, 0.1) is 12.7 Å². The van der Waals surface area contributed by atoms with Crippen LogP contribution in [0.2, 0.25) is 0 Å². The molecule has 3 nitrogen and oxygen atoms in total. The van der Waals surface area contributed by atoms with Gasteiger partial charge in [-0.2, -0.15) is 0 Å². The predicted molar refractivity (Wildman–Crippen MR) is 58.9 cm³/mol. The Morgan fingerprint density at radius 2 is 2.19 bits per heavy atom. The molecular formula is C11H10ClFN2O. The maximum absolute atomic E-state index is 13.5. The third kappa shape index (κ3) is 2.22. The molecule has 0 aliphatic carbocycles. The van der Waals surface area contributed by atoms with Gasteiger partial charge in [0.05, 0.1) is 5.56 Å². The lowest BCUT2D eigenvalue weighted by Gasteiger charge is -1.98. The maximum atomic E-state index is 13.5. The van der Waals surface area contributed by atoms with Crippen molar-refractivity contribution >= 4 is 11.6 Å². The SMILES string of the molecule is Cc1ccc(F)c(-c2nnc(CCCl)o2)c1. The number of halogens is 2. The minimum atomic E-state index is -0.369. The van der Waals surface area contributed by atoms with Gasteiger partial charge in [-0.15, -0.1) is 21.8 Å². The molecule has 16 heavy (non-hydrogen) atoms. The van der Waals surface area contributed by atoms with Gasteiger partial charge in [0.2, 0.25) is 5.89 Å². The smallest absolute Gasteiger partial charge is 0.250 e. The molecule has 0 amide bonds. The van der Waals surface area contributed by atoms with Crippen LogP contribution in [-0.4, -0.2) is 16.1 Å². The molecule has 0 bridgehead atoms. The molecule has 1 aromatic heterocycles. The third-order valence-corrected chi connectivity index (χ3v) is 2.32. The third-order valence-electron chi connectivity index (χ3n) is 2.13.